The fourth-order valence-corrected chi connectivity index (χ4v) is 4.23. The number of aryl methyl sites for hydroxylation is 1. The van der Waals surface area contributed by atoms with E-state index >= 15 is 0 Å². The van der Waals surface area contributed by atoms with Crippen LogP contribution in [-0.4, -0.2) is 59.5 Å². The van der Waals surface area contributed by atoms with E-state index in [0.29, 0.717) is 12.1 Å². The molecule has 8 nitrogen and oxygen atoms in total. The molecule has 0 spiro atoms. The quantitative estimate of drug-likeness (QED) is 0.673. The van der Waals surface area contributed by atoms with Gasteiger partial charge in [-0.25, -0.2) is 26.3 Å². The van der Waals surface area contributed by atoms with E-state index in [1.165, 1.54) is 24.1 Å². The Hall–Kier alpha value is -2.73. The second-order valence-electron chi connectivity index (χ2n) is 6.05. The first-order valence-corrected chi connectivity index (χ1v) is 9.54. The van der Waals surface area contributed by atoms with Crippen molar-refractivity contribution in [2.45, 2.75) is 4.90 Å². The monoisotopic (exact) mass is 416 g/mol. The number of benzene rings is 1. The molecular formula is C16H15F3N4O4S. The SMILES string of the molecule is Cn1nc(C(=O)N2CCN(S(=O)(=O)c3ccc(F)c(F)c3F)CC2)ccc1=O. The van der Waals surface area contributed by atoms with Crippen molar-refractivity contribution in [3.63, 3.8) is 0 Å². The van der Waals surface area contributed by atoms with Gasteiger partial charge in [-0.3, -0.25) is 9.59 Å². The molecule has 1 aromatic heterocycles. The van der Waals surface area contributed by atoms with Crippen LogP contribution in [0.1, 0.15) is 10.5 Å². The summed E-state index contributed by atoms with van der Waals surface area (Å²) in [5.74, 6) is -5.63. The van der Waals surface area contributed by atoms with Gasteiger partial charge in [0.2, 0.25) is 10.0 Å². The van der Waals surface area contributed by atoms with Crippen molar-refractivity contribution in [3.05, 3.63) is 57.8 Å². The molecule has 1 fully saturated rings. The Morgan fingerprint density at radius 2 is 1.64 bits per heavy atom. The third kappa shape index (κ3) is 3.52. The van der Waals surface area contributed by atoms with Crippen LogP contribution in [0.15, 0.2) is 34.0 Å². The Morgan fingerprint density at radius 1 is 1.00 bits per heavy atom. The van der Waals surface area contributed by atoms with Crippen LogP contribution in [-0.2, 0) is 17.1 Å². The average molecular weight is 416 g/mol. The van der Waals surface area contributed by atoms with E-state index < -0.39 is 38.3 Å². The van der Waals surface area contributed by atoms with Crippen molar-refractivity contribution in [1.82, 2.24) is 19.0 Å². The molecule has 2 heterocycles. The van der Waals surface area contributed by atoms with E-state index in [1.807, 2.05) is 0 Å². The Labute approximate surface area is 157 Å². The maximum Gasteiger partial charge on any atom is 0.274 e. The molecule has 2 aromatic rings. The molecular weight excluding hydrogens is 401 g/mol. The van der Waals surface area contributed by atoms with Crippen LogP contribution >= 0.6 is 0 Å². The highest BCUT2D eigenvalue weighted by atomic mass is 32.2. The van der Waals surface area contributed by atoms with Crippen LogP contribution in [0.25, 0.3) is 0 Å². The van der Waals surface area contributed by atoms with Crippen LogP contribution in [0.3, 0.4) is 0 Å². The lowest BCUT2D eigenvalue weighted by Gasteiger charge is -2.33. The molecule has 0 aliphatic carbocycles. The number of halogens is 3. The van der Waals surface area contributed by atoms with Gasteiger partial charge in [0, 0.05) is 39.3 Å². The summed E-state index contributed by atoms with van der Waals surface area (Å²) in [4.78, 5) is 24.2. The van der Waals surface area contributed by atoms with E-state index in [2.05, 4.69) is 5.10 Å². The third-order valence-corrected chi connectivity index (χ3v) is 6.24. The highest BCUT2D eigenvalue weighted by Crippen LogP contribution is 2.24. The van der Waals surface area contributed by atoms with Crippen molar-refractivity contribution in [2.75, 3.05) is 26.2 Å². The minimum atomic E-state index is -4.41. The molecule has 1 aliphatic rings. The molecule has 1 amide bonds. The topological polar surface area (TPSA) is 92.6 Å². The summed E-state index contributed by atoms with van der Waals surface area (Å²) in [6.07, 6.45) is 0. The van der Waals surface area contributed by atoms with Gasteiger partial charge in [-0.1, -0.05) is 0 Å². The second-order valence-corrected chi connectivity index (χ2v) is 7.96. The summed E-state index contributed by atoms with van der Waals surface area (Å²) < 4.78 is 67.3. The number of carbonyl (C=O) groups excluding carboxylic acids is 1. The highest BCUT2D eigenvalue weighted by Gasteiger charge is 2.34. The number of hydrogen-bond donors (Lipinski definition) is 0. The molecule has 150 valence electrons. The molecule has 1 saturated heterocycles. The zero-order valence-electron chi connectivity index (χ0n) is 14.6. The zero-order valence-corrected chi connectivity index (χ0v) is 15.4. The molecule has 0 radical (unpaired) electrons. The van der Waals surface area contributed by atoms with Crippen LogP contribution in [0.4, 0.5) is 13.2 Å². The molecule has 0 N–H and O–H groups in total. The normalized spacial score (nSPS) is 15.6. The smallest absolute Gasteiger partial charge is 0.274 e. The molecule has 28 heavy (non-hydrogen) atoms. The van der Waals surface area contributed by atoms with Crippen LogP contribution in [0.5, 0.6) is 0 Å². The summed E-state index contributed by atoms with van der Waals surface area (Å²) in [6, 6.07) is 3.66. The molecule has 12 heteroatoms. The van der Waals surface area contributed by atoms with E-state index in [0.717, 1.165) is 8.99 Å². The van der Waals surface area contributed by atoms with Gasteiger partial charge in [0.1, 0.15) is 10.6 Å². The molecule has 0 bridgehead atoms. The Morgan fingerprint density at radius 3 is 2.25 bits per heavy atom. The molecule has 3 rings (SSSR count). The summed E-state index contributed by atoms with van der Waals surface area (Å²) >= 11 is 0. The lowest BCUT2D eigenvalue weighted by atomic mass is 10.3. The van der Waals surface area contributed by atoms with E-state index in [-0.39, 0.29) is 37.4 Å². The first-order chi connectivity index (χ1) is 13.1. The number of nitrogens with zero attached hydrogens (tertiary/aromatic N) is 4. The second kappa shape index (κ2) is 7.36. The third-order valence-electron chi connectivity index (χ3n) is 4.32. The number of hydrogen-bond acceptors (Lipinski definition) is 5. The predicted molar refractivity (Wildman–Crippen MR) is 90.5 cm³/mol. The fraction of sp³-hybridized carbons (Fsp3) is 0.312. The number of amides is 1. The van der Waals surface area contributed by atoms with Gasteiger partial charge >= 0.3 is 0 Å². The Balaban J connectivity index is 1.76. The largest absolute Gasteiger partial charge is 0.335 e. The predicted octanol–water partition coefficient (Wildman–Crippen LogP) is 0.344. The first kappa shape index (κ1) is 20.0. The zero-order chi connectivity index (χ0) is 20.6. The number of aromatic nitrogens is 2. The highest BCUT2D eigenvalue weighted by molar-refractivity contribution is 7.89. The van der Waals surface area contributed by atoms with Crippen LogP contribution in [0.2, 0.25) is 0 Å². The van der Waals surface area contributed by atoms with Crippen molar-refractivity contribution in [2.24, 2.45) is 7.05 Å². The first-order valence-electron chi connectivity index (χ1n) is 8.10. The van der Waals surface area contributed by atoms with Gasteiger partial charge in [-0.2, -0.15) is 9.40 Å². The van der Waals surface area contributed by atoms with E-state index in [9.17, 15) is 31.2 Å². The molecule has 0 atom stereocenters. The standard InChI is InChI=1S/C16H15F3N4O4S/c1-21-13(24)5-3-11(20-21)16(25)22-6-8-23(9-7-22)28(26,27)12-4-2-10(17)14(18)15(12)19/h2-5H,6-9H2,1H3. The number of carbonyl (C=O) groups is 1. The van der Waals surface area contributed by atoms with Crippen molar-refractivity contribution in [3.8, 4) is 0 Å². The number of rotatable bonds is 3. The lowest BCUT2D eigenvalue weighted by molar-refractivity contribution is 0.0689. The van der Waals surface area contributed by atoms with Crippen LogP contribution < -0.4 is 5.56 Å². The number of sulfonamides is 1. The fourth-order valence-electron chi connectivity index (χ4n) is 2.76. The average Bonchev–Trinajstić information content (AvgIpc) is 2.67. The molecule has 0 saturated carbocycles. The number of piperazine rings is 1. The van der Waals surface area contributed by atoms with Gasteiger partial charge in [0.15, 0.2) is 17.5 Å². The van der Waals surface area contributed by atoms with E-state index in [1.54, 1.807) is 0 Å². The summed E-state index contributed by atoms with van der Waals surface area (Å²) in [5.41, 5.74) is -0.369. The Kier molecular flexibility index (Phi) is 5.26. The summed E-state index contributed by atoms with van der Waals surface area (Å²) in [7, 11) is -3.02. The summed E-state index contributed by atoms with van der Waals surface area (Å²) in [6.45, 7) is -0.377. The van der Waals surface area contributed by atoms with Gasteiger partial charge in [0.05, 0.1) is 0 Å². The van der Waals surface area contributed by atoms with Crippen molar-refractivity contribution >= 4 is 15.9 Å². The Bertz CT molecular complexity index is 1100. The molecule has 1 aliphatic heterocycles. The van der Waals surface area contributed by atoms with Gasteiger partial charge in [0.25, 0.3) is 11.5 Å². The van der Waals surface area contributed by atoms with E-state index in [4.69, 9.17) is 0 Å². The van der Waals surface area contributed by atoms with Gasteiger partial charge in [-0.05, 0) is 18.2 Å². The lowest BCUT2D eigenvalue weighted by Crippen LogP contribution is -2.51. The summed E-state index contributed by atoms with van der Waals surface area (Å²) in [5, 5.41) is 3.85. The maximum absolute atomic E-state index is 13.9. The maximum atomic E-state index is 13.9. The minimum Gasteiger partial charge on any atom is -0.335 e. The van der Waals surface area contributed by atoms with Crippen LogP contribution in [0, 0.1) is 17.5 Å². The molecule has 1 aromatic carbocycles. The van der Waals surface area contributed by atoms with Crippen molar-refractivity contribution in [1.29, 1.82) is 0 Å². The molecule has 0 unspecified atom stereocenters. The van der Waals surface area contributed by atoms with Gasteiger partial charge in [-0.15, -0.1) is 0 Å². The minimum absolute atomic E-state index is 0.0186. The van der Waals surface area contributed by atoms with Gasteiger partial charge < -0.3 is 4.90 Å². The van der Waals surface area contributed by atoms with Crippen molar-refractivity contribution < 1.29 is 26.4 Å².